The van der Waals surface area contributed by atoms with E-state index in [2.05, 4.69) is 15.9 Å². The molecule has 0 unspecified atom stereocenters. The predicted octanol–water partition coefficient (Wildman–Crippen LogP) is 3.67. The summed E-state index contributed by atoms with van der Waals surface area (Å²) in [6.07, 6.45) is -4.23. The molecule has 102 valence electrons. The van der Waals surface area contributed by atoms with Crippen molar-refractivity contribution in [1.29, 1.82) is 0 Å². The van der Waals surface area contributed by atoms with Gasteiger partial charge in [0.1, 0.15) is 5.75 Å². The van der Waals surface area contributed by atoms with Crippen LogP contribution in [0.2, 0.25) is 0 Å². The standard InChI is InChI=1S/C12H15BrF3NO/c13-10-8-9(4-6-17)2-3-11(10)18-7-1-5-12(14,15)16/h2-3,8H,1,4-7,17H2. The summed E-state index contributed by atoms with van der Waals surface area (Å²) in [5.41, 5.74) is 6.50. The van der Waals surface area contributed by atoms with Gasteiger partial charge in [-0.15, -0.1) is 0 Å². The molecular formula is C12H15BrF3NO. The van der Waals surface area contributed by atoms with Crippen molar-refractivity contribution in [3.63, 3.8) is 0 Å². The molecule has 6 heteroatoms. The smallest absolute Gasteiger partial charge is 0.389 e. The zero-order chi connectivity index (χ0) is 13.6. The Hall–Kier alpha value is -0.750. The van der Waals surface area contributed by atoms with E-state index in [1.165, 1.54) is 0 Å². The topological polar surface area (TPSA) is 35.2 Å². The van der Waals surface area contributed by atoms with Gasteiger partial charge in [0.25, 0.3) is 0 Å². The van der Waals surface area contributed by atoms with Gasteiger partial charge in [-0.05, 0) is 53.0 Å². The van der Waals surface area contributed by atoms with Gasteiger partial charge in [0.05, 0.1) is 11.1 Å². The van der Waals surface area contributed by atoms with Gasteiger partial charge in [-0.25, -0.2) is 0 Å². The molecule has 2 nitrogen and oxygen atoms in total. The van der Waals surface area contributed by atoms with Crippen molar-refractivity contribution in [2.24, 2.45) is 5.73 Å². The maximum atomic E-state index is 11.9. The molecule has 0 radical (unpaired) electrons. The molecule has 1 rings (SSSR count). The molecule has 0 bridgehead atoms. The van der Waals surface area contributed by atoms with E-state index in [0.717, 1.165) is 16.5 Å². The van der Waals surface area contributed by atoms with E-state index >= 15 is 0 Å². The van der Waals surface area contributed by atoms with Crippen LogP contribution in [-0.4, -0.2) is 19.3 Å². The van der Waals surface area contributed by atoms with Crippen LogP contribution in [0.1, 0.15) is 18.4 Å². The molecule has 0 saturated heterocycles. The van der Waals surface area contributed by atoms with E-state index in [-0.39, 0.29) is 13.0 Å². The molecule has 0 fully saturated rings. The van der Waals surface area contributed by atoms with Crippen LogP contribution in [0.3, 0.4) is 0 Å². The number of ether oxygens (including phenoxy) is 1. The van der Waals surface area contributed by atoms with Crippen molar-refractivity contribution >= 4 is 15.9 Å². The molecule has 18 heavy (non-hydrogen) atoms. The van der Waals surface area contributed by atoms with E-state index in [1.54, 1.807) is 6.07 Å². The van der Waals surface area contributed by atoms with Crippen molar-refractivity contribution in [1.82, 2.24) is 0 Å². The third-order valence-corrected chi connectivity index (χ3v) is 2.91. The van der Waals surface area contributed by atoms with Crippen LogP contribution < -0.4 is 10.5 Å². The first-order valence-corrected chi connectivity index (χ1v) is 6.40. The lowest BCUT2D eigenvalue weighted by Gasteiger charge is -2.10. The van der Waals surface area contributed by atoms with Gasteiger partial charge >= 0.3 is 6.18 Å². The number of benzene rings is 1. The molecular weight excluding hydrogens is 311 g/mol. The Labute approximate surface area is 112 Å². The molecule has 2 N–H and O–H groups in total. The minimum Gasteiger partial charge on any atom is -0.492 e. The van der Waals surface area contributed by atoms with E-state index in [9.17, 15) is 13.2 Å². The first kappa shape index (κ1) is 15.3. The van der Waals surface area contributed by atoms with Gasteiger partial charge in [-0.1, -0.05) is 6.07 Å². The monoisotopic (exact) mass is 325 g/mol. The highest BCUT2D eigenvalue weighted by Crippen LogP contribution is 2.27. The molecule has 0 heterocycles. The SMILES string of the molecule is NCCc1ccc(OCCCC(F)(F)F)c(Br)c1. The molecule has 0 spiro atoms. The molecule has 0 aliphatic heterocycles. The second-order valence-electron chi connectivity index (χ2n) is 3.87. The Bertz CT molecular complexity index is 382. The molecule has 0 atom stereocenters. The highest BCUT2D eigenvalue weighted by atomic mass is 79.9. The summed E-state index contributed by atoms with van der Waals surface area (Å²) in [5.74, 6) is 0.554. The Morgan fingerprint density at radius 1 is 1.28 bits per heavy atom. The average Bonchev–Trinajstić information content (AvgIpc) is 2.26. The van der Waals surface area contributed by atoms with Crippen LogP contribution in [0, 0.1) is 0 Å². The highest BCUT2D eigenvalue weighted by molar-refractivity contribution is 9.10. The van der Waals surface area contributed by atoms with Gasteiger partial charge < -0.3 is 10.5 Å². The molecule has 0 aliphatic rings. The van der Waals surface area contributed by atoms with Crippen LogP contribution in [0.4, 0.5) is 13.2 Å². The predicted molar refractivity (Wildman–Crippen MR) is 67.7 cm³/mol. The number of rotatable bonds is 6. The summed E-state index contributed by atoms with van der Waals surface area (Å²) < 4.78 is 41.8. The fourth-order valence-corrected chi connectivity index (χ4v) is 1.98. The lowest BCUT2D eigenvalue weighted by atomic mass is 10.1. The van der Waals surface area contributed by atoms with Crippen LogP contribution in [0.25, 0.3) is 0 Å². The summed E-state index contributed by atoms with van der Waals surface area (Å²) in [7, 11) is 0. The summed E-state index contributed by atoms with van der Waals surface area (Å²) in [6.45, 7) is 0.604. The van der Waals surface area contributed by atoms with Crippen molar-refractivity contribution in [2.75, 3.05) is 13.2 Å². The molecule has 0 saturated carbocycles. The zero-order valence-corrected chi connectivity index (χ0v) is 11.4. The van der Waals surface area contributed by atoms with Crippen molar-refractivity contribution in [2.45, 2.75) is 25.4 Å². The fraction of sp³-hybridized carbons (Fsp3) is 0.500. The summed E-state index contributed by atoms with van der Waals surface area (Å²) >= 11 is 3.32. The Morgan fingerprint density at radius 2 is 2.00 bits per heavy atom. The van der Waals surface area contributed by atoms with Gasteiger partial charge in [-0.3, -0.25) is 0 Å². The summed E-state index contributed by atoms with van der Waals surface area (Å²) in [6, 6.07) is 5.46. The first-order chi connectivity index (χ1) is 8.42. The number of alkyl halides is 3. The van der Waals surface area contributed by atoms with Gasteiger partial charge in [0.2, 0.25) is 0 Å². The largest absolute Gasteiger partial charge is 0.492 e. The van der Waals surface area contributed by atoms with Crippen molar-refractivity contribution < 1.29 is 17.9 Å². The quantitative estimate of drug-likeness (QED) is 0.810. The molecule has 0 aliphatic carbocycles. The maximum absolute atomic E-state index is 11.9. The number of hydrogen-bond acceptors (Lipinski definition) is 2. The third-order valence-electron chi connectivity index (χ3n) is 2.29. The Balaban J connectivity index is 2.43. The summed E-state index contributed by atoms with van der Waals surface area (Å²) in [4.78, 5) is 0. The lowest BCUT2D eigenvalue weighted by molar-refractivity contribution is -0.136. The third kappa shape index (κ3) is 5.73. The van der Waals surface area contributed by atoms with Gasteiger partial charge in [0.15, 0.2) is 0 Å². The van der Waals surface area contributed by atoms with E-state index < -0.39 is 12.6 Å². The molecule has 1 aromatic carbocycles. The van der Waals surface area contributed by atoms with Crippen molar-refractivity contribution in [3.05, 3.63) is 28.2 Å². The zero-order valence-electron chi connectivity index (χ0n) is 9.77. The van der Waals surface area contributed by atoms with Crippen LogP contribution in [0.15, 0.2) is 22.7 Å². The fourth-order valence-electron chi connectivity index (χ4n) is 1.44. The molecule has 1 aromatic rings. The number of nitrogens with two attached hydrogens (primary N) is 1. The van der Waals surface area contributed by atoms with Gasteiger partial charge in [0, 0.05) is 6.42 Å². The average molecular weight is 326 g/mol. The Morgan fingerprint density at radius 3 is 2.56 bits per heavy atom. The second kappa shape index (κ2) is 6.99. The van der Waals surface area contributed by atoms with Crippen LogP contribution in [-0.2, 0) is 6.42 Å². The minimum atomic E-state index is -4.12. The van der Waals surface area contributed by atoms with Gasteiger partial charge in [-0.2, -0.15) is 13.2 Å². The van der Waals surface area contributed by atoms with E-state index in [4.69, 9.17) is 10.5 Å². The number of hydrogen-bond donors (Lipinski definition) is 1. The van der Waals surface area contributed by atoms with E-state index in [1.807, 2.05) is 12.1 Å². The summed E-state index contributed by atoms with van der Waals surface area (Å²) in [5, 5.41) is 0. The second-order valence-corrected chi connectivity index (χ2v) is 4.72. The minimum absolute atomic E-state index is 0.0412. The first-order valence-electron chi connectivity index (χ1n) is 5.60. The molecule has 0 aromatic heterocycles. The van der Waals surface area contributed by atoms with E-state index in [0.29, 0.717) is 12.3 Å². The maximum Gasteiger partial charge on any atom is 0.389 e. The highest BCUT2D eigenvalue weighted by Gasteiger charge is 2.26. The Kier molecular flexibility index (Phi) is 5.95. The molecule has 0 amide bonds. The van der Waals surface area contributed by atoms with Crippen LogP contribution >= 0.6 is 15.9 Å². The lowest BCUT2D eigenvalue weighted by Crippen LogP contribution is -2.10. The van der Waals surface area contributed by atoms with Crippen molar-refractivity contribution in [3.8, 4) is 5.75 Å². The number of halogens is 4. The normalized spacial score (nSPS) is 11.6. The van der Waals surface area contributed by atoms with Crippen LogP contribution in [0.5, 0.6) is 5.75 Å².